The molecule has 2 unspecified atom stereocenters. The molecule has 2 atom stereocenters. The lowest BCUT2D eigenvalue weighted by Gasteiger charge is -2.42. The molecule has 0 aliphatic carbocycles. The van der Waals surface area contributed by atoms with Gasteiger partial charge in [0.1, 0.15) is 0 Å². The molecule has 0 aromatic rings. The normalized spacial score (nSPS) is 14.5. The average molecular weight is 467 g/mol. The van der Waals surface area contributed by atoms with Gasteiger partial charge in [-0.15, -0.1) is 0 Å². The minimum absolute atomic E-state index is 0.266. The SMILES string of the molecule is CCCCCCCCCCC(OC(CCCCCCCCCC)C(C)(C)CC)C(C)(C)CC. The van der Waals surface area contributed by atoms with E-state index < -0.39 is 0 Å². The minimum Gasteiger partial charge on any atom is -0.374 e. The van der Waals surface area contributed by atoms with Crippen molar-refractivity contribution < 1.29 is 4.74 Å². The van der Waals surface area contributed by atoms with Crippen LogP contribution in [0.1, 0.15) is 184 Å². The molecule has 200 valence electrons. The molecule has 0 fully saturated rings. The van der Waals surface area contributed by atoms with Crippen molar-refractivity contribution in [1.82, 2.24) is 0 Å². The fraction of sp³-hybridized carbons (Fsp3) is 1.00. The molecule has 0 aromatic carbocycles. The van der Waals surface area contributed by atoms with E-state index in [1.807, 2.05) is 0 Å². The second kappa shape index (κ2) is 20.2. The zero-order valence-electron chi connectivity index (χ0n) is 24.7. The van der Waals surface area contributed by atoms with Crippen molar-refractivity contribution in [2.24, 2.45) is 10.8 Å². The van der Waals surface area contributed by atoms with Gasteiger partial charge in [0.2, 0.25) is 0 Å². The third-order valence-electron chi connectivity index (χ3n) is 8.53. The fourth-order valence-electron chi connectivity index (χ4n) is 4.87. The van der Waals surface area contributed by atoms with Crippen LogP contribution in [-0.2, 0) is 4.74 Å². The molecule has 0 aliphatic rings. The number of rotatable bonds is 24. The monoisotopic (exact) mass is 467 g/mol. The lowest BCUT2D eigenvalue weighted by atomic mass is 9.78. The number of ether oxygens (including phenoxy) is 1. The van der Waals surface area contributed by atoms with Crippen LogP contribution in [0.15, 0.2) is 0 Å². The van der Waals surface area contributed by atoms with Crippen molar-refractivity contribution in [2.75, 3.05) is 0 Å². The van der Waals surface area contributed by atoms with Gasteiger partial charge in [0.05, 0.1) is 12.2 Å². The van der Waals surface area contributed by atoms with Crippen LogP contribution >= 0.6 is 0 Å². The van der Waals surface area contributed by atoms with Gasteiger partial charge in [-0.2, -0.15) is 0 Å². The second-order valence-electron chi connectivity index (χ2n) is 12.3. The summed E-state index contributed by atoms with van der Waals surface area (Å²) >= 11 is 0. The maximum Gasteiger partial charge on any atom is 0.0629 e. The van der Waals surface area contributed by atoms with Crippen LogP contribution in [0.4, 0.5) is 0 Å². The second-order valence-corrected chi connectivity index (χ2v) is 12.3. The topological polar surface area (TPSA) is 9.23 Å². The third-order valence-corrected chi connectivity index (χ3v) is 8.53. The Morgan fingerprint density at radius 3 is 0.970 bits per heavy atom. The molecule has 0 aliphatic heterocycles. The molecule has 33 heavy (non-hydrogen) atoms. The Labute approximate surface area is 211 Å². The van der Waals surface area contributed by atoms with Gasteiger partial charge in [-0.05, 0) is 36.5 Å². The molecular weight excluding hydrogens is 400 g/mol. The van der Waals surface area contributed by atoms with Gasteiger partial charge in [-0.3, -0.25) is 0 Å². The van der Waals surface area contributed by atoms with Crippen LogP contribution in [0, 0.1) is 10.8 Å². The highest BCUT2D eigenvalue weighted by molar-refractivity contribution is 4.84. The van der Waals surface area contributed by atoms with Crippen LogP contribution in [0.25, 0.3) is 0 Å². The summed E-state index contributed by atoms with van der Waals surface area (Å²) in [7, 11) is 0. The molecule has 0 radical (unpaired) electrons. The first-order chi connectivity index (χ1) is 15.7. The Balaban J connectivity index is 4.65. The molecule has 0 spiro atoms. The molecule has 0 bridgehead atoms. The fourth-order valence-corrected chi connectivity index (χ4v) is 4.87. The maximum absolute atomic E-state index is 7.08. The van der Waals surface area contributed by atoms with Crippen LogP contribution < -0.4 is 0 Å². The van der Waals surface area contributed by atoms with Gasteiger partial charge in [-0.25, -0.2) is 0 Å². The number of hydrogen-bond donors (Lipinski definition) is 0. The summed E-state index contributed by atoms with van der Waals surface area (Å²) in [5, 5.41) is 0. The first-order valence-corrected chi connectivity index (χ1v) is 15.4. The van der Waals surface area contributed by atoms with Crippen molar-refractivity contribution in [3.05, 3.63) is 0 Å². The molecule has 0 N–H and O–H groups in total. The van der Waals surface area contributed by atoms with Crippen molar-refractivity contribution in [3.8, 4) is 0 Å². The van der Waals surface area contributed by atoms with Crippen molar-refractivity contribution >= 4 is 0 Å². The summed E-state index contributed by atoms with van der Waals surface area (Å²) in [5.41, 5.74) is 0.533. The minimum atomic E-state index is 0.266. The van der Waals surface area contributed by atoms with E-state index in [1.54, 1.807) is 0 Å². The van der Waals surface area contributed by atoms with Gasteiger partial charge in [-0.1, -0.05) is 158 Å². The lowest BCUT2D eigenvalue weighted by molar-refractivity contribution is -0.123. The summed E-state index contributed by atoms with van der Waals surface area (Å²) in [6.45, 7) is 19.1. The van der Waals surface area contributed by atoms with Crippen LogP contribution in [0.3, 0.4) is 0 Å². The van der Waals surface area contributed by atoms with Crippen LogP contribution in [0.2, 0.25) is 0 Å². The van der Waals surface area contributed by atoms with Gasteiger partial charge < -0.3 is 4.74 Å². The third kappa shape index (κ3) is 16.3. The predicted molar refractivity (Wildman–Crippen MR) is 151 cm³/mol. The molecule has 0 saturated carbocycles. The Bertz CT molecular complexity index is 373. The molecule has 0 rings (SSSR count). The first kappa shape index (κ1) is 33.0. The largest absolute Gasteiger partial charge is 0.374 e. The van der Waals surface area contributed by atoms with E-state index in [2.05, 4.69) is 55.4 Å². The van der Waals surface area contributed by atoms with E-state index in [0.29, 0.717) is 12.2 Å². The van der Waals surface area contributed by atoms with Crippen molar-refractivity contribution in [1.29, 1.82) is 0 Å². The van der Waals surface area contributed by atoms with E-state index in [-0.39, 0.29) is 10.8 Å². The Kier molecular flexibility index (Phi) is 20.2. The van der Waals surface area contributed by atoms with Crippen LogP contribution in [0.5, 0.6) is 0 Å². The Morgan fingerprint density at radius 2 is 0.697 bits per heavy atom. The summed E-state index contributed by atoms with van der Waals surface area (Å²) in [5.74, 6) is 0. The van der Waals surface area contributed by atoms with Crippen LogP contribution in [-0.4, -0.2) is 12.2 Å². The molecule has 0 saturated heterocycles. The standard InChI is InChI=1S/C32H66O/c1-9-13-15-17-19-21-23-25-27-29(31(5,6)11-3)33-30(32(7,8)12-4)28-26-24-22-20-18-16-14-10-2/h29-30H,9-28H2,1-8H3. The van der Waals surface area contributed by atoms with Gasteiger partial charge in [0, 0.05) is 0 Å². The summed E-state index contributed by atoms with van der Waals surface area (Å²) in [6.07, 6.45) is 28.0. The van der Waals surface area contributed by atoms with E-state index in [4.69, 9.17) is 4.74 Å². The quantitative estimate of drug-likeness (QED) is 0.128. The smallest absolute Gasteiger partial charge is 0.0629 e. The van der Waals surface area contributed by atoms with Gasteiger partial charge >= 0.3 is 0 Å². The molecule has 0 heterocycles. The summed E-state index contributed by atoms with van der Waals surface area (Å²) < 4.78 is 7.08. The summed E-state index contributed by atoms with van der Waals surface area (Å²) in [6, 6.07) is 0. The zero-order valence-corrected chi connectivity index (χ0v) is 24.7. The molecule has 1 heteroatoms. The molecular formula is C32H66O. The predicted octanol–water partition coefficient (Wildman–Crippen LogP) is 11.7. The molecule has 0 aromatic heterocycles. The maximum atomic E-state index is 7.08. The number of hydrogen-bond acceptors (Lipinski definition) is 1. The van der Waals surface area contributed by atoms with E-state index in [0.717, 1.165) is 0 Å². The summed E-state index contributed by atoms with van der Waals surface area (Å²) in [4.78, 5) is 0. The first-order valence-electron chi connectivity index (χ1n) is 15.4. The van der Waals surface area contributed by atoms with Gasteiger partial charge in [0.15, 0.2) is 0 Å². The lowest BCUT2D eigenvalue weighted by Crippen LogP contribution is -2.41. The molecule has 0 amide bonds. The van der Waals surface area contributed by atoms with E-state index in [1.165, 1.54) is 128 Å². The highest BCUT2D eigenvalue weighted by Crippen LogP contribution is 2.38. The number of unbranched alkanes of at least 4 members (excludes halogenated alkanes) is 14. The zero-order chi connectivity index (χ0) is 25.0. The molecule has 1 nitrogen and oxygen atoms in total. The van der Waals surface area contributed by atoms with Crippen molar-refractivity contribution in [3.63, 3.8) is 0 Å². The average Bonchev–Trinajstić information content (AvgIpc) is 2.80. The van der Waals surface area contributed by atoms with E-state index in [9.17, 15) is 0 Å². The van der Waals surface area contributed by atoms with Crippen molar-refractivity contribution in [2.45, 2.75) is 196 Å². The van der Waals surface area contributed by atoms with Gasteiger partial charge in [0.25, 0.3) is 0 Å². The Hall–Kier alpha value is -0.0400. The Morgan fingerprint density at radius 1 is 0.424 bits per heavy atom. The van der Waals surface area contributed by atoms with E-state index >= 15 is 0 Å². The highest BCUT2D eigenvalue weighted by atomic mass is 16.5. The highest BCUT2D eigenvalue weighted by Gasteiger charge is 2.35.